The van der Waals surface area contributed by atoms with Crippen LogP contribution in [0.1, 0.15) is 0 Å². The van der Waals surface area contributed by atoms with E-state index >= 15 is 0 Å². The molecule has 5 heteroatoms. The quantitative estimate of drug-likeness (QED) is 0.175. The molecular weight excluding hydrogens is 747 g/mol. The number of hydrogen-bond donors (Lipinski definition) is 0. The number of benzene rings is 9. The Hall–Kier alpha value is -8.28. The summed E-state index contributed by atoms with van der Waals surface area (Å²) in [5.41, 5.74) is 14.6. The lowest BCUT2D eigenvalue weighted by molar-refractivity contribution is 0.666. The van der Waals surface area contributed by atoms with Gasteiger partial charge in [0.2, 0.25) is 5.95 Å². The molecule has 0 fully saturated rings. The van der Waals surface area contributed by atoms with E-state index in [4.69, 9.17) is 18.8 Å². The molecule has 0 unspecified atom stereocenters. The molecule has 0 aliphatic carbocycles. The van der Waals surface area contributed by atoms with Crippen LogP contribution in [0.4, 0.5) is 0 Å². The Balaban J connectivity index is 1.03. The van der Waals surface area contributed by atoms with Crippen molar-refractivity contribution in [1.29, 1.82) is 0 Å². The standard InChI is InChI=1S/C56H33N3O2/c1-2-12-34(13-3-1)35-24-26-36(27-25-35)40-19-10-14-37-15-11-20-45(52(37)40)54-55-53(44-18-6-9-23-50(44)61-55)57-56(58-54)59-47-21-7-4-16-41(47)46-32-38(29-31-48(46)59)39-28-30-43-42-17-5-8-22-49(42)60-51(43)33-39/h1-33H. The predicted octanol–water partition coefficient (Wildman–Crippen LogP) is 15.2. The summed E-state index contributed by atoms with van der Waals surface area (Å²) >= 11 is 0. The van der Waals surface area contributed by atoms with Gasteiger partial charge < -0.3 is 8.83 Å². The normalized spacial score (nSPS) is 11.9. The van der Waals surface area contributed by atoms with Gasteiger partial charge in [0, 0.05) is 32.5 Å². The summed E-state index contributed by atoms with van der Waals surface area (Å²) in [5.74, 6) is 0.582. The highest BCUT2D eigenvalue weighted by Crippen LogP contribution is 2.43. The fourth-order valence-corrected chi connectivity index (χ4v) is 9.39. The number of fused-ring (bicyclic) bond motifs is 10. The van der Waals surface area contributed by atoms with Crippen LogP contribution in [0.2, 0.25) is 0 Å². The molecule has 61 heavy (non-hydrogen) atoms. The van der Waals surface area contributed by atoms with E-state index in [9.17, 15) is 0 Å². The molecule has 0 N–H and O–H groups in total. The average molecular weight is 780 g/mol. The summed E-state index contributed by atoms with van der Waals surface area (Å²) in [6.07, 6.45) is 0. The minimum Gasteiger partial charge on any atom is -0.456 e. The second-order valence-corrected chi connectivity index (χ2v) is 15.7. The Morgan fingerprint density at radius 3 is 1.80 bits per heavy atom. The molecule has 13 rings (SSSR count). The third kappa shape index (κ3) is 5.21. The van der Waals surface area contributed by atoms with E-state index in [1.165, 1.54) is 11.1 Å². The second kappa shape index (κ2) is 13.1. The smallest absolute Gasteiger partial charge is 0.236 e. The fraction of sp³-hybridized carbons (Fsp3) is 0. The lowest BCUT2D eigenvalue weighted by Crippen LogP contribution is -2.03. The maximum atomic E-state index is 6.72. The van der Waals surface area contributed by atoms with Gasteiger partial charge in [0.1, 0.15) is 28.0 Å². The van der Waals surface area contributed by atoms with E-state index < -0.39 is 0 Å². The first-order valence-electron chi connectivity index (χ1n) is 20.6. The number of para-hydroxylation sites is 3. The van der Waals surface area contributed by atoms with Crippen molar-refractivity contribution >= 4 is 76.6 Å². The largest absolute Gasteiger partial charge is 0.456 e. The highest BCUT2D eigenvalue weighted by atomic mass is 16.3. The van der Waals surface area contributed by atoms with Gasteiger partial charge in [-0.1, -0.05) is 152 Å². The summed E-state index contributed by atoms with van der Waals surface area (Å²) in [4.78, 5) is 10.9. The molecular formula is C56H33N3O2. The van der Waals surface area contributed by atoms with E-state index in [2.05, 4.69) is 174 Å². The van der Waals surface area contributed by atoms with Crippen molar-refractivity contribution in [3.63, 3.8) is 0 Å². The summed E-state index contributed by atoms with van der Waals surface area (Å²) < 4.78 is 15.2. The molecule has 0 amide bonds. The Morgan fingerprint density at radius 1 is 0.361 bits per heavy atom. The van der Waals surface area contributed by atoms with Crippen LogP contribution in [0.5, 0.6) is 0 Å². The van der Waals surface area contributed by atoms with Crippen molar-refractivity contribution in [3.05, 3.63) is 200 Å². The fourth-order valence-electron chi connectivity index (χ4n) is 9.39. The van der Waals surface area contributed by atoms with Gasteiger partial charge in [-0.05, 0) is 92.7 Å². The Labute approximate surface area is 349 Å². The van der Waals surface area contributed by atoms with Gasteiger partial charge in [-0.2, -0.15) is 0 Å². The third-order valence-corrected chi connectivity index (χ3v) is 12.3. The van der Waals surface area contributed by atoms with Gasteiger partial charge in [-0.3, -0.25) is 4.57 Å². The molecule has 0 bridgehead atoms. The van der Waals surface area contributed by atoms with E-state index in [-0.39, 0.29) is 0 Å². The molecule has 0 aliphatic rings. The minimum absolute atomic E-state index is 0.582. The van der Waals surface area contributed by atoms with E-state index in [1.54, 1.807) is 0 Å². The van der Waals surface area contributed by atoms with Gasteiger partial charge >= 0.3 is 0 Å². The van der Waals surface area contributed by atoms with Gasteiger partial charge in [0.25, 0.3) is 0 Å². The van der Waals surface area contributed by atoms with Crippen LogP contribution < -0.4 is 0 Å². The van der Waals surface area contributed by atoms with Crippen molar-refractivity contribution in [2.45, 2.75) is 0 Å². The first kappa shape index (κ1) is 33.7. The zero-order valence-corrected chi connectivity index (χ0v) is 32.7. The Kier molecular flexibility index (Phi) is 7.24. The van der Waals surface area contributed by atoms with Crippen molar-refractivity contribution in [2.75, 3.05) is 0 Å². The van der Waals surface area contributed by atoms with Crippen LogP contribution in [-0.2, 0) is 0 Å². The zero-order valence-electron chi connectivity index (χ0n) is 32.7. The van der Waals surface area contributed by atoms with E-state index in [0.29, 0.717) is 11.5 Å². The molecule has 13 aromatic rings. The lowest BCUT2D eigenvalue weighted by Gasteiger charge is -2.14. The van der Waals surface area contributed by atoms with Crippen LogP contribution >= 0.6 is 0 Å². The maximum absolute atomic E-state index is 6.72. The second-order valence-electron chi connectivity index (χ2n) is 15.7. The summed E-state index contributed by atoms with van der Waals surface area (Å²) in [6.45, 7) is 0. The summed E-state index contributed by atoms with van der Waals surface area (Å²) in [5, 5.41) is 7.66. The maximum Gasteiger partial charge on any atom is 0.236 e. The molecule has 5 nitrogen and oxygen atoms in total. The topological polar surface area (TPSA) is 57.0 Å². The average Bonchev–Trinajstić information content (AvgIpc) is 4.00. The van der Waals surface area contributed by atoms with Gasteiger partial charge in [-0.25, -0.2) is 9.97 Å². The minimum atomic E-state index is 0.582. The molecule has 0 saturated heterocycles. The van der Waals surface area contributed by atoms with Gasteiger partial charge in [-0.15, -0.1) is 0 Å². The highest BCUT2D eigenvalue weighted by Gasteiger charge is 2.23. The Morgan fingerprint density at radius 2 is 0.967 bits per heavy atom. The number of rotatable bonds is 5. The third-order valence-electron chi connectivity index (χ3n) is 12.3. The zero-order chi connectivity index (χ0) is 40.0. The number of nitrogens with zero attached hydrogens (tertiary/aromatic N) is 3. The molecule has 0 aliphatic heterocycles. The van der Waals surface area contributed by atoms with Crippen molar-refractivity contribution in [3.8, 4) is 50.6 Å². The van der Waals surface area contributed by atoms with Crippen molar-refractivity contribution < 1.29 is 8.83 Å². The number of aromatic nitrogens is 3. The molecule has 284 valence electrons. The molecule has 0 atom stereocenters. The monoisotopic (exact) mass is 779 g/mol. The van der Waals surface area contributed by atoms with E-state index in [1.807, 2.05) is 30.3 Å². The number of furan rings is 2. The lowest BCUT2D eigenvalue weighted by atomic mass is 9.92. The van der Waals surface area contributed by atoms with Crippen LogP contribution in [0, 0.1) is 0 Å². The highest BCUT2D eigenvalue weighted by molar-refractivity contribution is 6.14. The van der Waals surface area contributed by atoms with Crippen molar-refractivity contribution in [1.82, 2.24) is 14.5 Å². The molecule has 4 aromatic heterocycles. The van der Waals surface area contributed by atoms with Crippen LogP contribution in [0.15, 0.2) is 209 Å². The molecule has 9 aromatic carbocycles. The summed E-state index contributed by atoms with van der Waals surface area (Å²) in [7, 11) is 0. The van der Waals surface area contributed by atoms with Gasteiger partial charge in [0.05, 0.1) is 11.0 Å². The first-order chi connectivity index (χ1) is 30.2. The summed E-state index contributed by atoms with van der Waals surface area (Å²) in [6, 6.07) is 70.4. The molecule has 0 radical (unpaired) electrons. The van der Waals surface area contributed by atoms with Crippen LogP contribution in [0.25, 0.3) is 127 Å². The molecule has 0 saturated carbocycles. The first-order valence-corrected chi connectivity index (χ1v) is 20.6. The SMILES string of the molecule is c1ccc(-c2ccc(-c3cccc4cccc(-c5nc(-n6c7ccccc7c7cc(-c8ccc9c(c8)oc8ccccc89)ccc76)nc6c5oc5ccccc56)c34)cc2)cc1. The molecule has 4 heterocycles. The van der Waals surface area contributed by atoms with E-state index in [0.717, 1.165) is 105 Å². The number of hydrogen-bond acceptors (Lipinski definition) is 4. The van der Waals surface area contributed by atoms with Gasteiger partial charge in [0.15, 0.2) is 5.58 Å². The van der Waals surface area contributed by atoms with Crippen LogP contribution in [-0.4, -0.2) is 14.5 Å². The predicted molar refractivity (Wildman–Crippen MR) is 250 cm³/mol. The van der Waals surface area contributed by atoms with Crippen LogP contribution in [0.3, 0.4) is 0 Å². The van der Waals surface area contributed by atoms with Crippen molar-refractivity contribution in [2.24, 2.45) is 0 Å². The molecule has 0 spiro atoms. The Bertz CT molecular complexity index is 3870.